The fourth-order valence-corrected chi connectivity index (χ4v) is 2.53. The highest BCUT2D eigenvalue weighted by Crippen LogP contribution is 2.31. The van der Waals surface area contributed by atoms with Gasteiger partial charge in [-0.1, -0.05) is 0 Å². The first-order chi connectivity index (χ1) is 6.27. The summed E-state index contributed by atoms with van der Waals surface area (Å²) in [6, 6.07) is 0.371. The second-order valence-electron chi connectivity index (χ2n) is 4.17. The zero-order chi connectivity index (χ0) is 9.26. The van der Waals surface area contributed by atoms with Gasteiger partial charge in [0.15, 0.2) is 0 Å². The van der Waals surface area contributed by atoms with Crippen LogP contribution in [-0.4, -0.2) is 25.2 Å². The lowest BCUT2D eigenvalue weighted by molar-refractivity contribution is -0.119. The monoisotopic (exact) mass is 183 g/mol. The van der Waals surface area contributed by atoms with Crippen molar-refractivity contribution in [3.05, 3.63) is 0 Å². The van der Waals surface area contributed by atoms with Crippen LogP contribution in [0.5, 0.6) is 0 Å². The molecular formula is C10H17NO2. The third-order valence-electron chi connectivity index (χ3n) is 3.32. The Kier molecular flexibility index (Phi) is 2.54. The Bertz CT molecular complexity index is 199. The predicted molar refractivity (Wildman–Crippen MR) is 49.3 cm³/mol. The topological polar surface area (TPSA) is 38.3 Å². The molecule has 3 heteroatoms. The van der Waals surface area contributed by atoms with Crippen LogP contribution in [0.25, 0.3) is 0 Å². The van der Waals surface area contributed by atoms with Gasteiger partial charge in [0, 0.05) is 25.7 Å². The van der Waals surface area contributed by atoms with Crippen LogP contribution in [0.1, 0.15) is 26.2 Å². The lowest BCUT2D eigenvalue weighted by Gasteiger charge is -2.29. The van der Waals surface area contributed by atoms with Gasteiger partial charge in [-0.15, -0.1) is 0 Å². The normalized spacial score (nSPS) is 36.2. The molecule has 2 heterocycles. The molecule has 74 valence electrons. The highest BCUT2D eigenvalue weighted by atomic mass is 16.5. The van der Waals surface area contributed by atoms with Crippen LogP contribution in [0.2, 0.25) is 0 Å². The van der Waals surface area contributed by atoms with Gasteiger partial charge >= 0.3 is 0 Å². The number of carbonyl (C=O) groups is 1. The summed E-state index contributed by atoms with van der Waals surface area (Å²) >= 11 is 0. The molecule has 13 heavy (non-hydrogen) atoms. The molecule has 2 atom stereocenters. The number of amides is 1. The van der Waals surface area contributed by atoms with E-state index in [1.54, 1.807) is 0 Å². The van der Waals surface area contributed by atoms with Crippen molar-refractivity contribution in [2.75, 3.05) is 13.2 Å². The first kappa shape index (κ1) is 9.00. The number of rotatable bonds is 1. The van der Waals surface area contributed by atoms with Crippen molar-refractivity contribution in [3.8, 4) is 0 Å². The Labute approximate surface area is 78.8 Å². The molecule has 2 saturated heterocycles. The van der Waals surface area contributed by atoms with E-state index in [0.717, 1.165) is 32.5 Å². The minimum atomic E-state index is 0.226. The van der Waals surface area contributed by atoms with Gasteiger partial charge in [0.05, 0.1) is 0 Å². The molecule has 3 nitrogen and oxygen atoms in total. The molecule has 0 aromatic heterocycles. The van der Waals surface area contributed by atoms with E-state index < -0.39 is 0 Å². The smallest absolute Gasteiger partial charge is 0.220 e. The van der Waals surface area contributed by atoms with Gasteiger partial charge in [0.2, 0.25) is 5.91 Å². The van der Waals surface area contributed by atoms with E-state index in [2.05, 4.69) is 12.2 Å². The summed E-state index contributed by atoms with van der Waals surface area (Å²) in [5.41, 5.74) is 0. The van der Waals surface area contributed by atoms with Crippen molar-refractivity contribution in [2.24, 2.45) is 11.8 Å². The van der Waals surface area contributed by atoms with Crippen molar-refractivity contribution in [2.45, 2.75) is 32.2 Å². The van der Waals surface area contributed by atoms with Gasteiger partial charge in [0.25, 0.3) is 0 Å². The summed E-state index contributed by atoms with van der Waals surface area (Å²) in [5.74, 6) is 1.48. The lowest BCUT2D eigenvalue weighted by Crippen LogP contribution is -2.31. The number of carbonyl (C=O) groups excluding carboxylic acids is 1. The van der Waals surface area contributed by atoms with Crippen LogP contribution in [0, 0.1) is 11.8 Å². The highest BCUT2D eigenvalue weighted by molar-refractivity contribution is 5.78. The molecule has 2 fully saturated rings. The first-order valence-electron chi connectivity index (χ1n) is 5.14. The molecule has 2 aliphatic heterocycles. The average molecular weight is 183 g/mol. The van der Waals surface area contributed by atoms with Gasteiger partial charge in [-0.25, -0.2) is 0 Å². The van der Waals surface area contributed by atoms with Crippen molar-refractivity contribution < 1.29 is 9.53 Å². The van der Waals surface area contributed by atoms with Gasteiger partial charge in [-0.05, 0) is 31.6 Å². The van der Waals surface area contributed by atoms with Crippen molar-refractivity contribution >= 4 is 5.91 Å². The van der Waals surface area contributed by atoms with E-state index in [4.69, 9.17) is 4.74 Å². The maximum atomic E-state index is 11.2. The van der Waals surface area contributed by atoms with E-state index >= 15 is 0 Å². The Balaban J connectivity index is 1.95. The van der Waals surface area contributed by atoms with Gasteiger partial charge in [-0.2, -0.15) is 0 Å². The van der Waals surface area contributed by atoms with Crippen LogP contribution in [0.15, 0.2) is 0 Å². The summed E-state index contributed by atoms with van der Waals surface area (Å²) in [4.78, 5) is 11.2. The molecule has 1 amide bonds. The standard InChI is InChI=1S/C10H17NO2/c1-7-9(6-10(12)11-7)8-2-4-13-5-3-8/h7-9H,2-6H2,1H3,(H,11,12). The lowest BCUT2D eigenvalue weighted by atomic mass is 9.82. The molecule has 0 aromatic rings. The third kappa shape index (κ3) is 1.85. The zero-order valence-corrected chi connectivity index (χ0v) is 8.08. The van der Waals surface area contributed by atoms with Crippen LogP contribution in [0.3, 0.4) is 0 Å². The molecule has 0 spiro atoms. The van der Waals surface area contributed by atoms with Crippen molar-refractivity contribution in [1.82, 2.24) is 5.32 Å². The molecule has 0 bridgehead atoms. The average Bonchev–Trinajstić information content (AvgIpc) is 2.47. The molecule has 2 unspecified atom stereocenters. The maximum Gasteiger partial charge on any atom is 0.220 e. The molecule has 2 aliphatic rings. The minimum absolute atomic E-state index is 0.226. The summed E-state index contributed by atoms with van der Waals surface area (Å²) < 4.78 is 5.32. The van der Waals surface area contributed by atoms with Gasteiger partial charge in [0.1, 0.15) is 0 Å². The Morgan fingerprint density at radius 3 is 2.62 bits per heavy atom. The van der Waals surface area contributed by atoms with Crippen LogP contribution >= 0.6 is 0 Å². The fourth-order valence-electron chi connectivity index (χ4n) is 2.53. The van der Waals surface area contributed by atoms with Crippen molar-refractivity contribution in [3.63, 3.8) is 0 Å². The second-order valence-corrected chi connectivity index (χ2v) is 4.17. The number of nitrogens with one attached hydrogen (secondary N) is 1. The Hall–Kier alpha value is -0.570. The van der Waals surface area contributed by atoms with Crippen LogP contribution < -0.4 is 5.32 Å². The number of ether oxygens (including phenoxy) is 1. The molecule has 2 rings (SSSR count). The highest BCUT2D eigenvalue weighted by Gasteiger charge is 2.35. The first-order valence-corrected chi connectivity index (χ1v) is 5.14. The number of hydrogen-bond acceptors (Lipinski definition) is 2. The fraction of sp³-hybridized carbons (Fsp3) is 0.900. The van der Waals surface area contributed by atoms with E-state index in [0.29, 0.717) is 17.9 Å². The quantitative estimate of drug-likeness (QED) is 0.657. The van der Waals surface area contributed by atoms with E-state index in [1.165, 1.54) is 0 Å². The SMILES string of the molecule is CC1NC(=O)CC1C1CCOCC1. The van der Waals surface area contributed by atoms with E-state index in [-0.39, 0.29) is 5.91 Å². The second kappa shape index (κ2) is 3.66. The van der Waals surface area contributed by atoms with Crippen LogP contribution in [-0.2, 0) is 9.53 Å². The van der Waals surface area contributed by atoms with E-state index in [9.17, 15) is 4.79 Å². The van der Waals surface area contributed by atoms with E-state index in [1.807, 2.05) is 0 Å². The summed E-state index contributed by atoms with van der Waals surface area (Å²) in [5, 5.41) is 2.98. The summed E-state index contributed by atoms with van der Waals surface area (Å²) in [6.07, 6.45) is 2.99. The third-order valence-corrected chi connectivity index (χ3v) is 3.32. The van der Waals surface area contributed by atoms with Crippen molar-refractivity contribution in [1.29, 1.82) is 0 Å². The molecule has 0 aliphatic carbocycles. The number of hydrogen-bond donors (Lipinski definition) is 1. The Morgan fingerprint density at radius 2 is 2.08 bits per heavy atom. The largest absolute Gasteiger partial charge is 0.381 e. The summed E-state index contributed by atoms with van der Waals surface area (Å²) in [7, 11) is 0. The van der Waals surface area contributed by atoms with Gasteiger partial charge < -0.3 is 10.1 Å². The molecular weight excluding hydrogens is 166 g/mol. The summed E-state index contributed by atoms with van der Waals surface area (Å²) in [6.45, 7) is 3.87. The molecule has 0 radical (unpaired) electrons. The Morgan fingerprint density at radius 1 is 1.38 bits per heavy atom. The minimum Gasteiger partial charge on any atom is -0.381 e. The van der Waals surface area contributed by atoms with Gasteiger partial charge in [-0.3, -0.25) is 4.79 Å². The molecule has 0 saturated carbocycles. The maximum absolute atomic E-state index is 11.2. The molecule has 1 N–H and O–H groups in total. The predicted octanol–water partition coefficient (Wildman–Crippen LogP) is 0.938. The zero-order valence-electron chi connectivity index (χ0n) is 8.08. The molecule has 0 aromatic carbocycles. The van der Waals surface area contributed by atoms with Crippen LogP contribution in [0.4, 0.5) is 0 Å².